The van der Waals surface area contributed by atoms with E-state index in [1.54, 1.807) is 0 Å². The molecule has 0 aliphatic heterocycles. The zero-order valence-electron chi connectivity index (χ0n) is 14.2. The number of alkyl halides is 3. The van der Waals surface area contributed by atoms with Gasteiger partial charge in [-0.15, -0.1) is 24.5 Å². The second kappa shape index (κ2) is 8.72. The molecule has 1 amide bonds. The minimum atomic E-state index is -4.94. The van der Waals surface area contributed by atoms with Gasteiger partial charge in [-0.3, -0.25) is 4.79 Å². The minimum absolute atomic E-state index is 0.0287. The summed E-state index contributed by atoms with van der Waals surface area (Å²) in [5, 5.41) is 4.46. The van der Waals surface area contributed by atoms with Gasteiger partial charge in [-0.1, -0.05) is 19.1 Å². The Morgan fingerprint density at radius 2 is 2.00 bits per heavy atom. The highest BCUT2D eigenvalue weighted by atomic mass is 32.2. The van der Waals surface area contributed by atoms with Gasteiger partial charge in [0.05, 0.1) is 18.0 Å². The second-order valence-corrected chi connectivity index (χ2v) is 8.28. The van der Waals surface area contributed by atoms with Crippen LogP contribution in [0.3, 0.4) is 0 Å². The minimum Gasteiger partial charge on any atom is -0.406 e. The number of rotatable bonds is 8. The van der Waals surface area contributed by atoms with Gasteiger partial charge in [-0.05, 0) is 23.6 Å². The summed E-state index contributed by atoms with van der Waals surface area (Å²) < 4.78 is 67.0. The van der Waals surface area contributed by atoms with Crippen LogP contribution >= 0.6 is 11.3 Å². The summed E-state index contributed by atoms with van der Waals surface area (Å²) in [7, 11) is -4.17. The lowest BCUT2D eigenvalue weighted by atomic mass is 10.3. The van der Waals surface area contributed by atoms with E-state index in [9.17, 15) is 26.4 Å². The molecule has 27 heavy (non-hydrogen) atoms. The fourth-order valence-corrected chi connectivity index (χ4v) is 4.25. The summed E-state index contributed by atoms with van der Waals surface area (Å²) >= 11 is 1.45. The molecule has 0 saturated heterocycles. The van der Waals surface area contributed by atoms with Gasteiger partial charge in [-0.25, -0.2) is 8.42 Å². The van der Waals surface area contributed by atoms with Crippen LogP contribution in [-0.4, -0.2) is 38.1 Å². The maximum Gasteiger partial charge on any atom is 0.573 e. The molecule has 11 heteroatoms. The van der Waals surface area contributed by atoms with Gasteiger partial charge in [0.15, 0.2) is 0 Å². The molecule has 0 saturated carbocycles. The van der Waals surface area contributed by atoms with E-state index in [0.717, 1.165) is 33.4 Å². The summed E-state index contributed by atoms with van der Waals surface area (Å²) in [6, 6.07) is 7.70. The number of amides is 1. The quantitative estimate of drug-likeness (QED) is 0.710. The highest BCUT2D eigenvalue weighted by molar-refractivity contribution is 7.89. The van der Waals surface area contributed by atoms with Crippen LogP contribution in [0, 0.1) is 0 Å². The van der Waals surface area contributed by atoms with Crippen molar-refractivity contribution in [1.82, 2.24) is 9.62 Å². The van der Waals surface area contributed by atoms with Crippen molar-refractivity contribution in [2.75, 3.05) is 13.1 Å². The first-order valence-corrected chi connectivity index (χ1v) is 10.1. The van der Waals surface area contributed by atoms with Crippen LogP contribution in [-0.2, 0) is 21.4 Å². The Bertz CT molecular complexity index is 868. The van der Waals surface area contributed by atoms with E-state index >= 15 is 0 Å². The number of benzene rings is 1. The summed E-state index contributed by atoms with van der Waals surface area (Å²) in [5.41, 5.74) is 0. The second-order valence-electron chi connectivity index (χ2n) is 5.31. The number of hydrogen-bond acceptors (Lipinski definition) is 5. The van der Waals surface area contributed by atoms with E-state index in [1.165, 1.54) is 18.3 Å². The molecule has 0 aliphatic carbocycles. The monoisotopic (exact) mass is 422 g/mol. The van der Waals surface area contributed by atoms with Gasteiger partial charge in [0.1, 0.15) is 5.75 Å². The number of nitrogens with zero attached hydrogens (tertiary/aromatic N) is 1. The van der Waals surface area contributed by atoms with Gasteiger partial charge < -0.3 is 10.1 Å². The van der Waals surface area contributed by atoms with E-state index in [-0.39, 0.29) is 13.1 Å². The van der Waals surface area contributed by atoms with Crippen LogP contribution in [0.4, 0.5) is 13.2 Å². The normalized spacial score (nSPS) is 12.2. The fraction of sp³-hybridized carbons (Fsp3) is 0.312. The maximum absolute atomic E-state index is 12.7. The number of halogens is 3. The Morgan fingerprint density at radius 3 is 2.59 bits per heavy atom. The third-order valence-corrected chi connectivity index (χ3v) is 6.18. The molecule has 6 nitrogen and oxygen atoms in total. The Labute approximate surface area is 158 Å². The Kier molecular flexibility index (Phi) is 6.84. The third kappa shape index (κ3) is 6.22. The van der Waals surface area contributed by atoms with E-state index in [2.05, 4.69) is 10.1 Å². The van der Waals surface area contributed by atoms with Crippen molar-refractivity contribution in [1.29, 1.82) is 0 Å². The first-order chi connectivity index (χ1) is 12.6. The smallest absolute Gasteiger partial charge is 0.406 e. The highest BCUT2D eigenvalue weighted by Gasteiger charge is 2.32. The Morgan fingerprint density at radius 1 is 1.26 bits per heavy atom. The Balaban J connectivity index is 2.10. The molecule has 0 radical (unpaired) electrons. The van der Waals surface area contributed by atoms with Crippen molar-refractivity contribution in [3.05, 3.63) is 46.7 Å². The summed E-state index contributed by atoms with van der Waals surface area (Å²) in [5.74, 6) is -1.17. The van der Waals surface area contributed by atoms with Crippen LogP contribution in [0.5, 0.6) is 5.75 Å². The molecule has 0 fully saturated rings. The number of sulfonamides is 1. The number of nitrogens with one attached hydrogen (secondary N) is 1. The SMILES string of the molecule is CCN(CC(=O)NCc1cccs1)S(=O)(=O)c1cccc(OC(F)(F)F)c1. The van der Waals surface area contributed by atoms with E-state index in [4.69, 9.17) is 0 Å². The fourth-order valence-electron chi connectivity index (χ4n) is 2.16. The molecule has 1 N–H and O–H groups in total. The molecule has 1 heterocycles. The summed E-state index contributed by atoms with van der Waals surface area (Å²) in [6.07, 6.45) is -4.94. The average Bonchev–Trinajstić information content (AvgIpc) is 3.10. The van der Waals surface area contributed by atoms with Crippen molar-refractivity contribution in [2.24, 2.45) is 0 Å². The van der Waals surface area contributed by atoms with Crippen LogP contribution in [0.1, 0.15) is 11.8 Å². The first kappa shape index (κ1) is 21.2. The number of ether oxygens (including phenoxy) is 1. The van der Waals surface area contributed by atoms with E-state index in [0.29, 0.717) is 0 Å². The summed E-state index contributed by atoms with van der Waals surface area (Å²) in [6.45, 7) is 1.32. The molecule has 148 valence electrons. The van der Waals surface area contributed by atoms with Gasteiger partial charge in [0, 0.05) is 17.5 Å². The van der Waals surface area contributed by atoms with Gasteiger partial charge in [0.25, 0.3) is 0 Å². The molecular formula is C16H17F3N2O4S2. The first-order valence-electron chi connectivity index (χ1n) is 7.77. The van der Waals surface area contributed by atoms with Crippen molar-refractivity contribution >= 4 is 27.3 Å². The topological polar surface area (TPSA) is 75.7 Å². The molecule has 0 atom stereocenters. The molecule has 1 aromatic heterocycles. The standard InChI is InChI=1S/C16H17F3N2O4S2/c1-2-21(11-15(22)20-10-13-6-4-8-26-13)27(23,24)14-7-3-5-12(9-14)25-16(17,18)19/h3-9H,2,10-11H2,1H3,(H,20,22). The van der Waals surface area contributed by atoms with Crippen molar-refractivity contribution in [3.63, 3.8) is 0 Å². The predicted molar refractivity (Wildman–Crippen MR) is 93.7 cm³/mol. The number of hydrogen-bond donors (Lipinski definition) is 1. The van der Waals surface area contributed by atoms with Crippen LogP contribution in [0.2, 0.25) is 0 Å². The highest BCUT2D eigenvalue weighted by Crippen LogP contribution is 2.26. The average molecular weight is 422 g/mol. The lowest BCUT2D eigenvalue weighted by Crippen LogP contribution is -2.40. The van der Waals surface area contributed by atoms with Crippen molar-refractivity contribution in [3.8, 4) is 5.75 Å². The zero-order valence-corrected chi connectivity index (χ0v) is 15.8. The van der Waals surface area contributed by atoms with Crippen molar-refractivity contribution < 1.29 is 31.1 Å². The number of likely N-dealkylation sites (N-methyl/N-ethyl adjacent to an activating group) is 1. The number of carbonyl (C=O) groups excluding carboxylic acids is 1. The Hall–Kier alpha value is -2.11. The van der Waals surface area contributed by atoms with Gasteiger partial charge in [0.2, 0.25) is 15.9 Å². The largest absolute Gasteiger partial charge is 0.573 e. The molecule has 0 unspecified atom stereocenters. The maximum atomic E-state index is 12.7. The zero-order chi connectivity index (χ0) is 20.1. The molecule has 0 bridgehead atoms. The van der Waals surface area contributed by atoms with Gasteiger partial charge in [-0.2, -0.15) is 4.31 Å². The molecule has 2 aromatic rings. The van der Waals surface area contributed by atoms with Crippen LogP contribution in [0.25, 0.3) is 0 Å². The third-order valence-electron chi connectivity index (χ3n) is 3.39. The van der Waals surface area contributed by atoms with E-state index < -0.39 is 39.5 Å². The molecule has 1 aromatic carbocycles. The lowest BCUT2D eigenvalue weighted by molar-refractivity contribution is -0.274. The lowest BCUT2D eigenvalue weighted by Gasteiger charge is -2.20. The summed E-state index contributed by atoms with van der Waals surface area (Å²) in [4.78, 5) is 12.6. The number of carbonyl (C=O) groups is 1. The molecule has 2 rings (SSSR count). The molecule has 0 aliphatic rings. The van der Waals surface area contributed by atoms with Crippen molar-refractivity contribution in [2.45, 2.75) is 24.7 Å². The van der Waals surface area contributed by atoms with Crippen LogP contribution < -0.4 is 10.1 Å². The van der Waals surface area contributed by atoms with E-state index in [1.807, 2.05) is 17.5 Å². The van der Waals surface area contributed by atoms with Crippen LogP contribution in [0.15, 0.2) is 46.7 Å². The number of thiophene rings is 1. The molecular weight excluding hydrogens is 405 g/mol. The predicted octanol–water partition coefficient (Wildman–Crippen LogP) is 2.97. The molecule has 0 spiro atoms. The van der Waals surface area contributed by atoms with Gasteiger partial charge >= 0.3 is 6.36 Å².